The molecule has 1 aromatic heterocycles. The van der Waals surface area contributed by atoms with Gasteiger partial charge in [0.15, 0.2) is 17.3 Å². The number of amides is 1. The summed E-state index contributed by atoms with van der Waals surface area (Å²) in [7, 11) is 3.13. The monoisotopic (exact) mass is 362 g/mol. The van der Waals surface area contributed by atoms with Crippen LogP contribution in [0.4, 0.5) is 5.82 Å². The highest BCUT2D eigenvalue weighted by Gasteiger charge is 2.10. The summed E-state index contributed by atoms with van der Waals surface area (Å²) in [5, 5.41) is 10.2. The second-order valence-electron chi connectivity index (χ2n) is 5.34. The van der Waals surface area contributed by atoms with Crippen molar-refractivity contribution in [1.29, 1.82) is 0 Å². The number of benzene rings is 1. The predicted octanol–water partition coefficient (Wildman–Crippen LogP) is 1.43. The molecule has 0 fully saturated rings. The van der Waals surface area contributed by atoms with Crippen LogP contribution in [-0.2, 0) is 27.3 Å². The summed E-state index contributed by atoms with van der Waals surface area (Å²) in [5.74, 6) is 0.921. The maximum Gasteiger partial charge on any atom is 0.327 e. The van der Waals surface area contributed by atoms with E-state index in [2.05, 4.69) is 15.6 Å². The van der Waals surface area contributed by atoms with Crippen LogP contribution >= 0.6 is 0 Å². The average molecular weight is 362 g/mol. The first-order valence-electron chi connectivity index (χ1n) is 8.12. The highest BCUT2D eigenvalue weighted by atomic mass is 16.5. The molecule has 0 aliphatic carbocycles. The summed E-state index contributed by atoms with van der Waals surface area (Å²) in [6.07, 6.45) is 2.27. The number of methoxy groups -OCH3 is 2. The summed E-state index contributed by atoms with van der Waals surface area (Å²) in [6, 6.07) is 5.51. The Morgan fingerprint density at radius 3 is 2.65 bits per heavy atom. The molecule has 9 heteroatoms. The van der Waals surface area contributed by atoms with Gasteiger partial charge in [0.05, 0.1) is 27.0 Å². The third kappa shape index (κ3) is 5.47. The summed E-state index contributed by atoms with van der Waals surface area (Å²) in [6.45, 7) is 1.97. The number of aromatic nitrogens is 3. The molecule has 1 amide bonds. The van der Waals surface area contributed by atoms with Crippen LogP contribution in [0.25, 0.3) is 0 Å². The molecule has 0 bridgehead atoms. The molecule has 1 aromatic carbocycles. The van der Waals surface area contributed by atoms with Crippen LogP contribution in [0.5, 0.6) is 11.5 Å². The van der Waals surface area contributed by atoms with Crippen molar-refractivity contribution in [3.05, 3.63) is 30.0 Å². The summed E-state index contributed by atoms with van der Waals surface area (Å²) in [4.78, 5) is 23.4. The smallest absolute Gasteiger partial charge is 0.327 e. The summed E-state index contributed by atoms with van der Waals surface area (Å²) >= 11 is 0. The molecule has 0 saturated carbocycles. The molecule has 1 N–H and O–H groups in total. The quantitative estimate of drug-likeness (QED) is 0.673. The maximum atomic E-state index is 12.1. The fraction of sp³-hybridized carbons (Fsp3) is 0.412. The molecule has 0 saturated heterocycles. The van der Waals surface area contributed by atoms with Gasteiger partial charge < -0.3 is 19.5 Å². The summed E-state index contributed by atoms with van der Waals surface area (Å²) in [5.41, 5.74) is 0.948. The topological polar surface area (TPSA) is 105 Å². The SMILES string of the molecule is CCOC(=O)Cn1cc(NC(=O)CCc2ccc(OC)c(OC)c2)nn1. The second kappa shape index (κ2) is 9.40. The Morgan fingerprint density at radius 1 is 1.19 bits per heavy atom. The lowest BCUT2D eigenvalue weighted by atomic mass is 10.1. The molecular formula is C17H22N4O5. The molecule has 26 heavy (non-hydrogen) atoms. The third-order valence-electron chi connectivity index (χ3n) is 3.49. The van der Waals surface area contributed by atoms with Gasteiger partial charge in [-0.25, -0.2) is 4.68 Å². The van der Waals surface area contributed by atoms with Crippen molar-refractivity contribution in [3.8, 4) is 11.5 Å². The van der Waals surface area contributed by atoms with Crippen LogP contribution in [0.3, 0.4) is 0 Å². The van der Waals surface area contributed by atoms with E-state index in [1.165, 1.54) is 10.9 Å². The lowest BCUT2D eigenvalue weighted by molar-refractivity contribution is -0.144. The number of hydrogen-bond acceptors (Lipinski definition) is 7. The minimum absolute atomic E-state index is 0.0532. The normalized spacial score (nSPS) is 10.3. The first-order valence-corrected chi connectivity index (χ1v) is 8.12. The first-order chi connectivity index (χ1) is 12.5. The molecule has 9 nitrogen and oxygen atoms in total. The van der Waals surface area contributed by atoms with Crippen LogP contribution in [0.1, 0.15) is 18.9 Å². The third-order valence-corrected chi connectivity index (χ3v) is 3.49. The fourth-order valence-corrected chi connectivity index (χ4v) is 2.27. The number of rotatable bonds is 9. The molecule has 0 aliphatic rings. The number of ether oxygens (including phenoxy) is 3. The number of nitrogens with one attached hydrogen (secondary N) is 1. The van der Waals surface area contributed by atoms with Gasteiger partial charge in [0.2, 0.25) is 5.91 Å². The van der Waals surface area contributed by atoms with Gasteiger partial charge in [-0.3, -0.25) is 9.59 Å². The average Bonchev–Trinajstić information content (AvgIpc) is 3.06. The molecule has 140 valence electrons. The Kier molecular flexibility index (Phi) is 6.95. The number of aryl methyl sites for hydroxylation is 1. The first kappa shape index (κ1) is 19.2. The van der Waals surface area contributed by atoms with Crippen molar-refractivity contribution < 1.29 is 23.8 Å². The van der Waals surface area contributed by atoms with Gasteiger partial charge in [-0.1, -0.05) is 11.3 Å². The zero-order valence-electron chi connectivity index (χ0n) is 15.0. The zero-order valence-corrected chi connectivity index (χ0v) is 15.0. The van der Waals surface area contributed by atoms with E-state index < -0.39 is 5.97 Å². The van der Waals surface area contributed by atoms with Crippen LogP contribution in [0.15, 0.2) is 24.4 Å². The largest absolute Gasteiger partial charge is 0.493 e. The number of hydrogen-bond donors (Lipinski definition) is 1. The van der Waals surface area contributed by atoms with E-state index >= 15 is 0 Å². The van der Waals surface area contributed by atoms with Gasteiger partial charge in [0.25, 0.3) is 0 Å². The van der Waals surface area contributed by atoms with Gasteiger partial charge in [-0.05, 0) is 31.0 Å². The Morgan fingerprint density at radius 2 is 1.96 bits per heavy atom. The zero-order chi connectivity index (χ0) is 18.9. The lowest BCUT2D eigenvalue weighted by Gasteiger charge is -2.09. The molecule has 2 aromatic rings. The van der Waals surface area contributed by atoms with Crippen molar-refractivity contribution in [3.63, 3.8) is 0 Å². The van der Waals surface area contributed by atoms with E-state index in [9.17, 15) is 9.59 Å². The molecule has 0 unspecified atom stereocenters. The van der Waals surface area contributed by atoms with Gasteiger partial charge in [0.1, 0.15) is 6.54 Å². The molecule has 0 spiro atoms. The van der Waals surface area contributed by atoms with E-state index in [4.69, 9.17) is 14.2 Å². The summed E-state index contributed by atoms with van der Waals surface area (Å²) < 4.78 is 16.6. The van der Waals surface area contributed by atoms with Crippen molar-refractivity contribution >= 4 is 17.7 Å². The van der Waals surface area contributed by atoms with Gasteiger partial charge in [-0.2, -0.15) is 0 Å². The molecule has 2 rings (SSSR count). The molecule has 0 aliphatic heterocycles. The van der Waals surface area contributed by atoms with E-state index in [1.807, 2.05) is 12.1 Å². The van der Waals surface area contributed by atoms with Gasteiger partial charge in [0, 0.05) is 6.42 Å². The molecule has 1 heterocycles. The van der Waals surface area contributed by atoms with Crippen molar-refractivity contribution in [2.45, 2.75) is 26.3 Å². The van der Waals surface area contributed by atoms with Crippen LogP contribution in [0.2, 0.25) is 0 Å². The van der Waals surface area contributed by atoms with E-state index in [0.717, 1.165) is 5.56 Å². The Labute approximate surface area is 151 Å². The predicted molar refractivity (Wildman–Crippen MR) is 93.2 cm³/mol. The Hall–Kier alpha value is -3.10. The van der Waals surface area contributed by atoms with Crippen LogP contribution in [0, 0.1) is 0 Å². The minimum Gasteiger partial charge on any atom is -0.493 e. The van der Waals surface area contributed by atoms with E-state index in [0.29, 0.717) is 24.5 Å². The van der Waals surface area contributed by atoms with Crippen molar-refractivity contribution in [2.75, 3.05) is 26.1 Å². The maximum absolute atomic E-state index is 12.1. The highest BCUT2D eigenvalue weighted by Crippen LogP contribution is 2.27. The minimum atomic E-state index is -0.413. The molecule has 0 atom stereocenters. The number of carbonyl (C=O) groups is 2. The standard InChI is InChI=1S/C17H22N4O5/c1-4-26-17(23)11-21-10-15(19-20-21)18-16(22)8-6-12-5-7-13(24-2)14(9-12)25-3/h5,7,9-10H,4,6,8,11H2,1-3H3,(H,18,22). The second-order valence-corrected chi connectivity index (χ2v) is 5.34. The number of anilines is 1. The van der Waals surface area contributed by atoms with E-state index in [-0.39, 0.29) is 24.7 Å². The van der Waals surface area contributed by atoms with Crippen LogP contribution in [-0.4, -0.2) is 47.7 Å². The molecule has 0 radical (unpaired) electrons. The lowest BCUT2D eigenvalue weighted by Crippen LogP contribution is -2.14. The highest BCUT2D eigenvalue weighted by molar-refractivity contribution is 5.89. The Bertz CT molecular complexity index is 759. The fourth-order valence-electron chi connectivity index (χ4n) is 2.27. The van der Waals surface area contributed by atoms with Crippen molar-refractivity contribution in [2.24, 2.45) is 0 Å². The van der Waals surface area contributed by atoms with E-state index in [1.54, 1.807) is 27.2 Å². The Balaban J connectivity index is 1.85. The number of nitrogens with zero attached hydrogens (tertiary/aromatic N) is 3. The molecular weight excluding hydrogens is 340 g/mol. The van der Waals surface area contributed by atoms with Gasteiger partial charge in [-0.15, -0.1) is 5.10 Å². The van der Waals surface area contributed by atoms with Gasteiger partial charge >= 0.3 is 5.97 Å². The van der Waals surface area contributed by atoms with Crippen LogP contribution < -0.4 is 14.8 Å². The van der Waals surface area contributed by atoms with Crippen molar-refractivity contribution in [1.82, 2.24) is 15.0 Å². The number of esters is 1. The number of carbonyl (C=O) groups excluding carboxylic acids is 2.